The molecule has 0 saturated carbocycles. The Morgan fingerprint density at radius 2 is 2.22 bits per heavy atom. The van der Waals surface area contributed by atoms with Gasteiger partial charge in [-0.1, -0.05) is 24.9 Å². The second-order valence-electron chi connectivity index (χ2n) is 6.37. The van der Waals surface area contributed by atoms with Crippen LogP contribution in [-0.4, -0.2) is 37.0 Å². The van der Waals surface area contributed by atoms with E-state index in [2.05, 4.69) is 22.0 Å². The van der Waals surface area contributed by atoms with E-state index in [1.165, 1.54) is 24.8 Å². The van der Waals surface area contributed by atoms with E-state index in [1.807, 2.05) is 30.2 Å². The van der Waals surface area contributed by atoms with Crippen LogP contribution in [-0.2, 0) is 26.6 Å². The number of aromatic nitrogens is 4. The lowest BCUT2D eigenvalue weighted by molar-refractivity contribution is 0.127. The molecule has 0 radical (unpaired) electrons. The molecule has 0 aliphatic carbocycles. The molecular formula is C17H26ClN5. The fraction of sp³-hybridized carbons (Fsp3) is 0.647. The van der Waals surface area contributed by atoms with Crippen molar-refractivity contribution in [3.05, 3.63) is 34.9 Å². The van der Waals surface area contributed by atoms with Crippen molar-refractivity contribution in [2.24, 2.45) is 7.05 Å². The van der Waals surface area contributed by atoms with Crippen molar-refractivity contribution in [1.29, 1.82) is 0 Å². The maximum absolute atomic E-state index is 6.48. The van der Waals surface area contributed by atoms with Crippen molar-refractivity contribution < 1.29 is 0 Å². The van der Waals surface area contributed by atoms with E-state index in [1.54, 1.807) is 4.68 Å². The SMILES string of the molecule is CCc1nn(C)c(Cl)c1CN1CCCCC1CCn1cccn1. The van der Waals surface area contributed by atoms with Gasteiger partial charge < -0.3 is 0 Å². The number of halogens is 1. The highest BCUT2D eigenvalue weighted by molar-refractivity contribution is 6.30. The van der Waals surface area contributed by atoms with Gasteiger partial charge in [0.05, 0.1) is 5.69 Å². The van der Waals surface area contributed by atoms with Crippen molar-refractivity contribution in [3.63, 3.8) is 0 Å². The third kappa shape index (κ3) is 3.78. The molecule has 1 unspecified atom stereocenters. The Morgan fingerprint density at radius 3 is 2.96 bits per heavy atom. The molecule has 2 aromatic heterocycles. The van der Waals surface area contributed by atoms with Crippen LogP contribution in [0.4, 0.5) is 0 Å². The molecule has 1 saturated heterocycles. The summed E-state index contributed by atoms with van der Waals surface area (Å²) in [6.45, 7) is 5.20. The summed E-state index contributed by atoms with van der Waals surface area (Å²) in [5, 5.41) is 9.66. The number of nitrogens with zero attached hydrogens (tertiary/aromatic N) is 5. The summed E-state index contributed by atoms with van der Waals surface area (Å²) in [5.74, 6) is 0. The number of likely N-dealkylation sites (tertiary alicyclic amines) is 1. The van der Waals surface area contributed by atoms with E-state index < -0.39 is 0 Å². The highest BCUT2D eigenvalue weighted by Crippen LogP contribution is 2.27. The highest BCUT2D eigenvalue weighted by Gasteiger charge is 2.25. The molecule has 126 valence electrons. The summed E-state index contributed by atoms with van der Waals surface area (Å²) in [4.78, 5) is 2.59. The van der Waals surface area contributed by atoms with Crippen molar-refractivity contribution in [2.45, 2.75) is 58.2 Å². The van der Waals surface area contributed by atoms with Crippen molar-refractivity contribution in [2.75, 3.05) is 6.54 Å². The average Bonchev–Trinajstić information content (AvgIpc) is 3.17. The minimum Gasteiger partial charge on any atom is -0.296 e. The number of hydrogen-bond donors (Lipinski definition) is 0. The predicted molar refractivity (Wildman–Crippen MR) is 92.5 cm³/mol. The minimum absolute atomic E-state index is 0.605. The maximum atomic E-state index is 6.48. The minimum atomic E-state index is 0.605. The first-order valence-corrected chi connectivity index (χ1v) is 8.98. The number of hydrogen-bond acceptors (Lipinski definition) is 3. The van der Waals surface area contributed by atoms with E-state index in [4.69, 9.17) is 11.6 Å². The first-order valence-electron chi connectivity index (χ1n) is 8.60. The Labute approximate surface area is 143 Å². The van der Waals surface area contributed by atoms with Gasteiger partial charge in [-0.3, -0.25) is 14.3 Å². The van der Waals surface area contributed by atoms with Crippen molar-refractivity contribution in [3.8, 4) is 0 Å². The van der Waals surface area contributed by atoms with Gasteiger partial charge in [-0.05, 0) is 38.3 Å². The second kappa shape index (κ2) is 7.49. The normalized spacial score (nSPS) is 19.3. The summed E-state index contributed by atoms with van der Waals surface area (Å²) in [7, 11) is 1.93. The summed E-state index contributed by atoms with van der Waals surface area (Å²) in [6, 6.07) is 2.59. The molecule has 2 aromatic rings. The smallest absolute Gasteiger partial charge is 0.131 e. The lowest BCUT2D eigenvalue weighted by atomic mass is 9.98. The van der Waals surface area contributed by atoms with Crippen molar-refractivity contribution >= 4 is 11.6 Å². The van der Waals surface area contributed by atoms with Crippen LogP contribution in [0.25, 0.3) is 0 Å². The van der Waals surface area contributed by atoms with Crippen molar-refractivity contribution in [1.82, 2.24) is 24.5 Å². The van der Waals surface area contributed by atoms with Crippen LogP contribution in [0.3, 0.4) is 0 Å². The molecule has 3 rings (SSSR count). The number of rotatable bonds is 6. The Balaban J connectivity index is 1.69. The number of aryl methyl sites for hydroxylation is 3. The standard InChI is InChI=1S/C17H26ClN5/c1-3-16-15(17(18)21(2)20-16)13-22-10-5-4-7-14(22)8-12-23-11-6-9-19-23/h6,9,11,14H,3-5,7-8,10,12-13H2,1-2H3. The Morgan fingerprint density at radius 1 is 1.35 bits per heavy atom. The molecule has 1 aliphatic rings. The van der Waals surface area contributed by atoms with Crippen LogP contribution in [0.15, 0.2) is 18.5 Å². The molecule has 1 fully saturated rings. The second-order valence-corrected chi connectivity index (χ2v) is 6.73. The lowest BCUT2D eigenvalue weighted by Crippen LogP contribution is -2.39. The van der Waals surface area contributed by atoms with E-state index in [9.17, 15) is 0 Å². The summed E-state index contributed by atoms with van der Waals surface area (Å²) >= 11 is 6.48. The maximum Gasteiger partial charge on any atom is 0.131 e. The van der Waals surface area contributed by atoms with Crippen LogP contribution in [0.2, 0.25) is 5.15 Å². The summed E-state index contributed by atoms with van der Waals surface area (Å²) in [5.41, 5.74) is 2.34. The van der Waals surface area contributed by atoms with Gasteiger partial charge in [0.2, 0.25) is 0 Å². The average molecular weight is 336 g/mol. The quantitative estimate of drug-likeness (QED) is 0.813. The molecule has 5 nitrogen and oxygen atoms in total. The van der Waals surface area contributed by atoms with Gasteiger partial charge >= 0.3 is 0 Å². The molecule has 0 amide bonds. The fourth-order valence-electron chi connectivity index (χ4n) is 3.55. The molecule has 0 bridgehead atoms. The fourth-order valence-corrected chi connectivity index (χ4v) is 3.76. The van der Waals surface area contributed by atoms with Gasteiger partial charge in [0.1, 0.15) is 5.15 Å². The zero-order chi connectivity index (χ0) is 16.2. The van der Waals surface area contributed by atoms with Crippen LogP contribution < -0.4 is 0 Å². The molecule has 0 N–H and O–H groups in total. The number of piperidine rings is 1. The predicted octanol–water partition coefficient (Wildman–Crippen LogP) is 3.28. The van der Waals surface area contributed by atoms with E-state index in [0.717, 1.165) is 43.3 Å². The Kier molecular flexibility index (Phi) is 5.38. The summed E-state index contributed by atoms with van der Waals surface area (Å²) in [6.07, 6.45) is 9.82. The van der Waals surface area contributed by atoms with Gasteiger partial charge in [-0.25, -0.2) is 0 Å². The zero-order valence-electron chi connectivity index (χ0n) is 14.1. The van der Waals surface area contributed by atoms with E-state index in [0.29, 0.717) is 6.04 Å². The first-order chi connectivity index (χ1) is 11.2. The molecule has 0 spiro atoms. The van der Waals surface area contributed by atoms with Crippen LogP contribution in [0.5, 0.6) is 0 Å². The largest absolute Gasteiger partial charge is 0.296 e. The van der Waals surface area contributed by atoms with Gasteiger partial charge in [-0.2, -0.15) is 10.2 Å². The Bertz CT molecular complexity index is 619. The topological polar surface area (TPSA) is 38.9 Å². The van der Waals surface area contributed by atoms with Crippen LogP contribution in [0, 0.1) is 0 Å². The van der Waals surface area contributed by atoms with Gasteiger partial charge in [0, 0.05) is 44.1 Å². The third-order valence-corrected chi connectivity index (χ3v) is 5.32. The van der Waals surface area contributed by atoms with Gasteiger partial charge in [-0.15, -0.1) is 0 Å². The van der Waals surface area contributed by atoms with E-state index in [-0.39, 0.29) is 0 Å². The molecule has 23 heavy (non-hydrogen) atoms. The van der Waals surface area contributed by atoms with Crippen LogP contribution >= 0.6 is 11.6 Å². The lowest BCUT2D eigenvalue weighted by Gasteiger charge is -2.35. The molecule has 1 atom stereocenters. The van der Waals surface area contributed by atoms with Crippen LogP contribution in [0.1, 0.15) is 43.9 Å². The third-order valence-electron chi connectivity index (χ3n) is 4.85. The first kappa shape index (κ1) is 16.5. The molecular weight excluding hydrogens is 310 g/mol. The molecule has 0 aromatic carbocycles. The zero-order valence-corrected chi connectivity index (χ0v) is 14.8. The molecule has 3 heterocycles. The van der Waals surface area contributed by atoms with E-state index >= 15 is 0 Å². The van der Waals surface area contributed by atoms with Gasteiger partial charge in [0.25, 0.3) is 0 Å². The Hall–Kier alpha value is -1.33. The van der Waals surface area contributed by atoms with Gasteiger partial charge in [0.15, 0.2) is 0 Å². The monoisotopic (exact) mass is 335 g/mol. The highest BCUT2D eigenvalue weighted by atomic mass is 35.5. The summed E-state index contributed by atoms with van der Waals surface area (Å²) < 4.78 is 3.83. The molecule has 6 heteroatoms. The molecule has 1 aliphatic heterocycles.